The number of nitrogens with zero attached hydrogens (tertiary/aromatic N) is 1. The molecule has 0 bridgehead atoms. The molecule has 0 unspecified atom stereocenters. The fourth-order valence-corrected chi connectivity index (χ4v) is 4.33. The number of benzene rings is 6. The smallest absolute Gasteiger partial charge is 0.457 e. The van der Waals surface area contributed by atoms with Gasteiger partial charge in [0.1, 0.15) is 12.1 Å². The molecule has 0 aliphatic rings. The molecule has 11 heteroatoms. The molecule has 0 saturated heterocycles. The van der Waals surface area contributed by atoms with E-state index in [2.05, 4.69) is 124 Å². The van der Waals surface area contributed by atoms with E-state index in [0.717, 1.165) is 17.8 Å². The van der Waals surface area contributed by atoms with Crippen LogP contribution in [0.25, 0.3) is 32.8 Å². The molecule has 1 heterocycles. The minimum Gasteiger partial charge on any atom is -0.457 e. The first-order valence-electron chi connectivity index (χ1n) is 16.3. The van der Waals surface area contributed by atoms with E-state index in [-0.39, 0.29) is 56.6 Å². The van der Waals surface area contributed by atoms with Gasteiger partial charge in [0.05, 0.1) is 11.9 Å². The molecule has 299 valence electrons. The third kappa shape index (κ3) is 24.2. The summed E-state index contributed by atoms with van der Waals surface area (Å²) in [6.45, 7) is 4.49. The number of hydrogen-bond acceptors (Lipinski definition) is 9. The van der Waals surface area contributed by atoms with Crippen molar-refractivity contribution in [2.45, 2.75) is 20.8 Å². The molecule has 0 spiro atoms. The van der Waals surface area contributed by atoms with Crippen LogP contribution in [0, 0.1) is 21.8 Å². The molecule has 57 heavy (non-hydrogen) atoms. The topological polar surface area (TPSA) is 157 Å². The third-order valence-corrected chi connectivity index (χ3v) is 6.61. The summed E-state index contributed by atoms with van der Waals surface area (Å²) in [4.78, 5) is 70.3. The third-order valence-electron chi connectivity index (χ3n) is 6.61. The standard InChI is InChI=1S/C10H10N2.C10H10O3.2C10H8.C2H4O.2CO2.2CH3.Cu/c1-8-11-7-10(12-8)9-5-3-2-4-6-9;1-8(11)13-7-10(12)9-5-3-2-4-6-9;2*1-2-6-10-8-4-3-7-9(10)5-1;1-2-3;2*2-1-3;;;/h2-7H,1H3,(H,11,12);2-6H,7H2,1H3;2*1-8H;2H,1H3;;;2*1H3;/q;;;;;;;2*-1;+2. The van der Waals surface area contributed by atoms with Crippen molar-refractivity contribution in [3.05, 3.63) is 190 Å². The fourth-order valence-electron chi connectivity index (χ4n) is 4.33. The minimum atomic E-state index is -0.440. The molecule has 0 aliphatic heterocycles. The van der Waals surface area contributed by atoms with Crippen LogP contribution in [-0.2, 0) is 50.6 Å². The van der Waals surface area contributed by atoms with Crippen molar-refractivity contribution >= 4 is 51.9 Å². The van der Waals surface area contributed by atoms with Crippen LogP contribution in [0.4, 0.5) is 0 Å². The van der Waals surface area contributed by atoms with E-state index in [1.807, 2.05) is 37.4 Å². The number of nitrogens with one attached hydrogen (secondary N) is 1. The minimum absolute atomic E-state index is 0. The van der Waals surface area contributed by atoms with Crippen molar-refractivity contribution in [2.75, 3.05) is 6.61 Å². The number of esters is 1. The number of carbonyl (C=O) groups excluding carboxylic acids is 7. The molecule has 0 aliphatic carbocycles. The average molecular weight is 818 g/mol. The molecule has 10 nitrogen and oxygen atoms in total. The number of aromatic nitrogens is 2. The number of aromatic amines is 1. The molecule has 7 aromatic rings. The summed E-state index contributed by atoms with van der Waals surface area (Å²) in [7, 11) is 0. The van der Waals surface area contributed by atoms with Gasteiger partial charge in [-0.15, -0.1) is 0 Å². The summed E-state index contributed by atoms with van der Waals surface area (Å²) in [6.07, 6.45) is 3.10. The second kappa shape index (κ2) is 34.9. The first-order chi connectivity index (χ1) is 26.2. The quantitative estimate of drug-likeness (QED) is 0.0601. The molecule has 0 amide bonds. The van der Waals surface area contributed by atoms with E-state index in [1.54, 1.807) is 24.3 Å². The van der Waals surface area contributed by atoms with E-state index in [0.29, 0.717) is 5.56 Å². The maximum Gasteiger partial charge on any atom is 2.00 e. The zero-order valence-electron chi connectivity index (χ0n) is 32.4. The second-order valence-corrected chi connectivity index (χ2v) is 10.4. The second-order valence-electron chi connectivity index (χ2n) is 10.4. The summed E-state index contributed by atoms with van der Waals surface area (Å²) < 4.78 is 4.57. The van der Waals surface area contributed by atoms with Crippen molar-refractivity contribution in [3.63, 3.8) is 0 Å². The number of rotatable bonds is 4. The maximum absolute atomic E-state index is 11.3. The van der Waals surface area contributed by atoms with E-state index in [4.69, 9.17) is 24.0 Å². The Labute approximate surface area is 344 Å². The van der Waals surface area contributed by atoms with Crippen LogP contribution < -0.4 is 0 Å². The Morgan fingerprint density at radius 2 is 0.912 bits per heavy atom. The van der Waals surface area contributed by atoms with Gasteiger partial charge in [-0.3, -0.25) is 9.59 Å². The fraction of sp³-hybridized carbons (Fsp3) is 0.0870. The molecule has 0 saturated carbocycles. The first-order valence-corrected chi connectivity index (χ1v) is 16.3. The van der Waals surface area contributed by atoms with Gasteiger partial charge in [0.15, 0.2) is 12.4 Å². The Morgan fingerprint density at radius 3 is 1.19 bits per heavy atom. The first kappa shape index (κ1) is 54.5. The van der Waals surface area contributed by atoms with Gasteiger partial charge in [0, 0.05) is 12.5 Å². The molecule has 0 atom stereocenters. The van der Waals surface area contributed by atoms with Crippen LogP contribution in [0.1, 0.15) is 30.0 Å². The molecule has 0 fully saturated rings. The number of H-pyrrole nitrogens is 1. The largest absolute Gasteiger partial charge is 2.00 e. The molecule has 1 aromatic heterocycles. The van der Waals surface area contributed by atoms with Crippen molar-refractivity contribution in [1.29, 1.82) is 0 Å². The van der Waals surface area contributed by atoms with Gasteiger partial charge in [-0.1, -0.05) is 158 Å². The summed E-state index contributed by atoms with van der Waals surface area (Å²) >= 11 is 0. The van der Waals surface area contributed by atoms with Crippen LogP contribution in [-0.4, -0.2) is 46.9 Å². The van der Waals surface area contributed by atoms with Gasteiger partial charge >= 0.3 is 35.3 Å². The molecule has 1 radical (unpaired) electrons. The summed E-state index contributed by atoms with van der Waals surface area (Å²) in [6, 6.07) is 52.3. The number of carbonyl (C=O) groups is 3. The van der Waals surface area contributed by atoms with E-state index >= 15 is 0 Å². The SMILES string of the molecule is CC(=O)OCC(=O)c1ccccc1.CC=O.Cc1ncc(-c2ccccc2)[nH]1.O=C=O.O=C=O.[CH3-].[CH3-].[Cu+2].c1ccc2ccccc2c1.c1ccc2ccccc2c1. The summed E-state index contributed by atoms with van der Waals surface area (Å²) in [5.41, 5.74) is 2.81. The van der Waals surface area contributed by atoms with Crippen LogP contribution in [0.15, 0.2) is 164 Å². The van der Waals surface area contributed by atoms with Crippen LogP contribution in [0.2, 0.25) is 0 Å². The Morgan fingerprint density at radius 1 is 0.614 bits per heavy atom. The van der Waals surface area contributed by atoms with Gasteiger partial charge in [0.2, 0.25) is 0 Å². The number of aldehydes is 1. The number of imidazole rings is 1. The van der Waals surface area contributed by atoms with Crippen LogP contribution in [0.5, 0.6) is 0 Å². The molecule has 1 N–H and O–H groups in total. The Hall–Kier alpha value is -6.86. The molecule has 6 aromatic carbocycles. The normalized spacial score (nSPS) is 8.26. The predicted octanol–water partition coefficient (Wildman–Crippen LogP) is 9.43. The monoisotopic (exact) mass is 817 g/mol. The van der Waals surface area contributed by atoms with E-state index in [1.165, 1.54) is 41.0 Å². The van der Waals surface area contributed by atoms with Crippen molar-refractivity contribution in [1.82, 2.24) is 9.97 Å². The van der Waals surface area contributed by atoms with Gasteiger partial charge in [-0.25, -0.2) is 4.98 Å². The predicted molar refractivity (Wildman–Crippen MR) is 219 cm³/mol. The van der Waals surface area contributed by atoms with Gasteiger partial charge in [-0.05, 0) is 41.0 Å². The zero-order valence-corrected chi connectivity index (χ0v) is 33.3. The maximum atomic E-state index is 11.3. The van der Waals surface area contributed by atoms with E-state index in [9.17, 15) is 9.59 Å². The number of ketones is 1. The van der Waals surface area contributed by atoms with Crippen LogP contribution in [0.3, 0.4) is 0 Å². The zero-order chi connectivity index (χ0) is 39.8. The van der Waals surface area contributed by atoms with E-state index < -0.39 is 5.97 Å². The number of ether oxygens (including phenoxy) is 1. The van der Waals surface area contributed by atoms with Crippen molar-refractivity contribution < 1.29 is 55.4 Å². The Balaban J connectivity index is -0.000000628. The average Bonchev–Trinajstić information content (AvgIpc) is 3.65. The number of fused-ring (bicyclic) bond motifs is 2. The van der Waals surface area contributed by atoms with Crippen LogP contribution >= 0.6 is 0 Å². The van der Waals surface area contributed by atoms with Gasteiger partial charge < -0.3 is 29.4 Å². The van der Waals surface area contributed by atoms with Gasteiger partial charge in [0.25, 0.3) is 0 Å². The Bertz CT molecular complexity index is 1960. The molecular weight excluding hydrogens is 772 g/mol. The van der Waals surface area contributed by atoms with Crippen molar-refractivity contribution in [2.24, 2.45) is 0 Å². The number of Topliss-reactive ketones (excluding diaryl/α,β-unsaturated/α-hetero) is 1. The summed E-state index contributed by atoms with van der Waals surface area (Å²) in [5.74, 6) is 0.328. The molecular formula is C46H46CuN2O8. The van der Waals surface area contributed by atoms with Crippen molar-refractivity contribution in [3.8, 4) is 11.3 Å². The molecule has 7 rings (SSSR count). The van der Waals surface area contributed by atoms with Gasteiger partial charge in [-0.2, -0.15) is 19.2 Å². The summed E-state index contributed by atoms with van der Waals surface area (Å²) in [5, 5.41) is 5.24. The Kier molecular flexibility index (Phi) is 33.3. The number of aryl methyl sites for hydroxylation is 1. The number of hydrogen-bond donors (Lipinski definition) is 1.